The molecule has 2 aliphatic rings. The van der Waals surface area contributed by atoms with Crippen molar-refractivity contribution < 1.29 is 26.8 Å². The van der Waals surface area contributed by atoms with Crippen molar-refractivity contribution in [1.29, 1.82) is 0 Å². The Morgan fingerprint density at radius 2 is 1.62 bits per heavy atom. The molecule has 0 radical (unpaired) electrons. The smallest absolute Gasteiger partial charge is 0.254 e. The molecule has 9 heteroatoms. The highest BCUT2D eigenvalue weighted by Gasteiger charge is 2.49. The monoisotopic (exact) mass is 386 g/mol. The second kappa shape index (κ2) is 6.61. The molecule has 142 valence electrons. The average Bonchev–Trinajstić information content (AvgIpc) is 2.89. The van der Waals surface area contributed by atoms with Gasteiger partial charge in [-0.3, -0.25) is 9.59 Å². The molecular weight excluding hydrogens is 366 g/mol. The van der Waals surface area contributed by atoms with E-state index >= 15 is 0 Å². The third-order valence-electron chi connectivity index (χ3n) is 4.88. The Morgan fingerprint density at radius 3 is 2.19 bits per heavy atom. The average molecular weight is 386 g/mol. The number of piperazine rings is 1. The van der Waals surface area contributed by atoms with Crippen LogP contribution in [0.5, 0.6) is 0 Å². The van der Waals surface area contributed by atoms with Gasteiger partial charge in [-0.2, -0.15) is 0 Å². The predicted molar refractivity (Wildman–Crippen MR) is 90.2 cm³/mol. The molecule has 2 fully saturated rings. The maximum Gasteiger partial charge on any atom is 0.254 e. The minimum Gasteiger partial charge on any atom is -0.335 e. The zero-order valence-corrected chi connectivity index (χ0v) is 15.3. The lowest BCUT2D eigenvalue weighted by Crippen LogP contribution is -2.62. The second-order valence-corrected chi connectivity index (χ2v) is 9.18. The Bertz CT molecular complexity index is 856. The second-order valence-electron chi connectivity index (χ2n) is 7.03. The Kier molecular flexibility index (Phi) is 4.76. The Labute approximate surface area is 150 Å². The standard InChI is InChI=1S/C17H20F2N2O4S/c1-10(2)16(22)20-5-6-21(15-9-26(24,25)8-14(15)20)17(23)11-3-4-12(18)13(19)7-11/h3-4,7,10,14-15H,5-6,8-9H2,1-2H3/t14-,15+/m1/s1. The lowest BCUT2D eigenvalue weighted by Gasteiger charge is -2.44. The molecule has 0 aliphatic carbocycles. The number of nitrogens with zero attached hydrogens (tertiary/aromatic N) is 2. The van der Waals surface area contributed by atoms with Crippen LogP contribution in [0.4, 0.5) is 8.78 Å². The first-order chi connectivity index (χ1) is 12.1. The topological polar surface area (TPSA) is 74.8 Å². The summed E-state index contributed by atoms with van der Waals surface area (Å²) in [6, 6.07) is 1.55. The Hall–Kier alpha value is -2.03. The van der Waals surface area contributed by atoms with Crippen LogP contribution >= 0.6 is 0 Å². The highest BCUT2D eigenvalue weighted by atomic mass is 32.2. The van der Waals surface area contributed by atoms with Crippen LogP contribution in [-0.2, 0) is 14.6 Å². The van der Waals surface area contributed by atoms with Crippen LogP contribution in [0.15, 0.2) is 18.2 Å². The number of sulfone groups is 1. The lowest BCUT2D eigenvalue weighted by molar-refractivity contribution is -0.139. The normalized spacial score (nSPS) is 24.7. The van der Waals surface area contributed by atoms with Crippen LogP contribution in [0.25, 0.3) is 0 Å². The summed E-state index contributed by atoms with van der Waals surface area (Å²) in [4.78, 5) is 28.1. The van der Waals surface area contributed by atoms with Gasteiger partial charge in [0.05, 0.1) is 23.6 Å². The largest absolute Gasteiger partial charge is 0.335 e. The van der Waals surface area contributed by atoms with E-state index in [9.17, 15) is 26.8 Å². The first-order valence-electron chi connectivity index (χ1n) is 8.37. The molecule has 0 spiro atoms. The first-order valence-corrected chi connectivity index (χ1v) is 10.2. The van der Waals surface area contributed by atoms with E-state index in [-0.39, 0.29) is 42.0 Å². The van der Waals surface area contributed by atoms with Crippen LogP contribution in [0.2, 0.25) is 0 Å². The fraction of sp³-hybridized carbons (Fsp3) is 0.529. The molecule has 2 saturated heterocycles. The van der Waals surface area contributed by atoms with Gasteiger partial charge in [-0.05, 0) is 18.2 Å². The number of amides is 2. The van der Waals surface area contributed by atoms with Gasteiger partial charge >= 0.3 is 0 Å². The molecule has 0 unspecified atom stereocenters. The van der Waals surface area contributed by atoms with E-state index in [1.807, 2.05) is 0 Å². The van der Waals surface area contributed by atoms with Crippen LogP contribution in [0, 0.1) is 17.6 Å². The van der Waals surface area contributed by atoms with E-state index in [1.165, 1.54) is 15.9 Å². The fourth-order valence-electron chi connectivity index (χ4n) is 3.61. The summed E-state index contributed by atoms with van der Waals surface area (Å²) in [5.74, 6) is -3.64. The van der Waals surface area contributed by atoms with Crippen LogP contribution < -0.4 is 0 Å². The number of fused-ring (bicyclic) bond motifs is 1. The fourth-order valence-corrected chi connectivity index (χ4v) is 5.59. The molecule has 0 aromatic heterocycles. The highest BCUT2D eigenvalue weighted by Crippen LogP contribution is 2.29. The van der Waals surface area contributed by atoms with E-state index < -0.39 is 39.5 Å². The molecule has 26 heavy (non-hydrogen) atoms. The molecule has 2 amide bonds. The summed E-state index contributed by atoms with van der Waals surface area (Å²) in [5.41, 5.74) is -0.0458. The summed E-state index contributed by atoms with van der Waals surface area (Å²) in [6.07, 6.45) is 0. The summed E-state index contributed by atoms with van der Waals surface area (Å²) in [7, 11) is -3.41. The van der Waals surface area contributed by atoms with E-state index in [0.717, 1.165) is 12.1 Å². The molecule has 0 bridgehead atoms. The molecule has 2 heterocycles. The van der Waals surface area contributed by atoms with Crippen molar-refractivity contribution in [2.75, 3.05) is 24.6 Å². The van der Waals surface area contributed by atoms with Crippen molar-refractivity contribution in [1.82, 2.24) is 9.80 Å². The highest BCUT2D eigenvalue weighted by molar-refractivity contribution is 7.91. The number of hydrogen-bond acceptors (Lipinski definition) is 4. The van der Waals surface area contributed by atoms with Crippen molar-refractivity contribution >= 4 is 21.7 Å². The van der Waals surface area contributed by atoms with Crippen molar-refractivity contribution in [3.8, 4) is 0 Å². The molecule has 0 N–H and O–H groups in total. The summed E-state index contributed by atoms with van der Waals surface area (Å²) in [6.45, 7) is 3.83. The van der Waals surface area contributed by atoms with Gasteiger partial charge in [-0.1, -0.05) is 13.8 Å². The van der Waals surface area contributed by atoms with Gasteiger partial charge in [-0.25, -0.2) is 17.2 Å². The molecule has 6 nitrogen and oxygen atoms in total. The van der Waals surface area contributed by atoms with Crippen molar-refractivity contribution in [3.05, 3.63) is 35.4 Å². The number of rotatable bonds is 2. The van der Waals surface area contributed by atoms with E-state index in [1.54, 1.807) is 13.8 Å². The van der Waals surface area contributed by atoms with E-state index in [2.05, 4.69) is 0 Å². The van der Waals surface area contributed by atoms with Gasteiger partial charge in [0, 0.05) is 24.6 Å². The van der Waals surface area contributed by atoms with E-state index in [0.29, 0.717) is 0 Å². The molecule has 3 rings (SSSR count). The number of hydrogen-bond donors (Lipinski definition) is 0. The van der Waals surface area contributed by atoms with Crippen molar-refractivity contribution in [2.24, 2.45) is 5.92 Å². The molecule has 2 aliphatic heterocycles. The van der Waals surface area contributed by atoms with Crippen molar-refractivity contribution in [2.45, 2.75) is 25.9 Å². The third-order valence-corrected chi connectivity index (χ3v) is 6.58. The van der Waals surface area contributed by atoms with Gasteiger partial charge in [0.2, 0.25) is 5.91 Å². The molecule has 1 aromatic rings. The van der Waals surface area contributed by atoms with Crippen LogP contribution in [-0.4, -0.2) is 66.7 Å². The maximum atomic E-state index is 13.5. The van der Waals surface area contributed by atoms with Gasteiger partial charge in [-0.15, -0.1) is 0 Å². The Balaban J connectivity index is 1.91. The number of benzene rings is 1. The SMILES string of the molecule is CC(C)C(=O)N1CCN(C(=O)c2ccc(F)c(F)c2)[C@H]2CS(=O)(=O)C[C@H]21. The molecule has 2 atom stereocenters. The quantitative estimate of drug-likeness (QED) is 0.762. The van der Waals surface area contributed by atoms with Crippen LogP contribution in [0.3, 0.4) is 0 Å². The summed E-state index contributed by atoms with van der Waals surface area (Å²) >= 11 is 0. The van der Waals surface area contributed by atoms with Gasteiger partial charge in [0.25, 0.3) is 5.91 Å². The minimum absolute atomic E-state index is 0.0458. The number of carbonyl (C=O) groups is 2. The van der Waals surface area contributed by atoms with Crippen molar-refractivity contribution in [3.63, 3.8) is 0 Å². The van der Waals surface area contributed by atoms with Gasteiger partial charge in [0.15, 0.2) is 21.5 Å². The van der Waals surface area contributed by atoms with Crippen LogP contribution in [0.1, 0.15) is 24.2 Å². The number of carbonyl (C=O) groups excluding carboxylic acids is 2. The third kappa shape index (κ3) is 3.32. The predicted octanol–water partition coefficient (Wildman–Crippen LogP) is 1.07. The maximum absolute atomic E-state index is 13.5. The first kappa shape index (κ1) is 18.8. The zero-order valence-electron chi connectivity index (χ0n) is 14.5. The van der Waals surface area contributed by atoms with Gasteiger partial charge < -0.3 is 9.80 Å². The molecular formula is C17H20F2N2O4S. The lowest BCUT2D eigenvalue weighted by atomic mass is 10.0. The Morgan fingerprint density at radius 1 is 1.04 bits per heavy atom. The molecule has 0 saturated carbocycles. The summed E-state index contributed by atoms with van der Waals surface area (Å²) in [5, 5.41) is 0. The zero-order chi connectivity index (χ0) is 19.2. The van der Waals surface area contributed by atoms with E-state index in [4.69, 9.17) is 0 Å². The summed E-state index contributed by atoms with van der Waals surface area (Å²) < 4.78 is 50.9. The minimum atomic E-state index is -3.41. The van der Waals surface area contributed by atoms with Gasteiger partial charge in [0.1, 0.15) is 0 Å². The number of halogens is 2. The molecule has 1 aromatic carbocycles.